The maximum atomic E-state index is 11.9. The minimum atomic E-state index is -3.47. The van der Waals surface area contributed by atoms with Crippen LogP contribution in [0, 0.1) is 5.92 Å². The number of nitrogens with one attached hydrogen (secondary N) is 1. The van der Waals surface area contributed by atoms with Crippen LogP contribution in [-0.4, -0.2) is 55.7 Å². The number of hydrogen-bond donors (Lipinski definition) is 2. The van der Waals surface area contributed by atoms with E-state index in [-0.39, 0.29) is 12.3 Å². The summed E-state index contributed by atoms with van der Waals surface area (Å²) in [5.41, 5.74) is 0. The van der Waals surface area contributed by atoms with E-state index in [2.05, 4.69) is 4.72 Å². The van der Waals surface area contributed by atoms with Crippen LogP contribution >= 0.6 is 0 Å². The minimum absolute atomic E-state index is 0.0357. The number of hydrogen-bond acceptors (Lipinski definition) is 4. The van der Waals surface area contributed by atoms with Crippen LogP contribution in [0.25, 0.3) is 0 Å². The highest BCUT2D eigenvalue weighted by Gasteiger charge is 2.24. The maximum Gasteiger partial charge on any atom is 0.308 e. The van der Waals surface area contributed by atoms with Gasteiger partial charge in [-0.3, -0.25) is 9.59 Å². The fraction of sp³-hybridized carbons (Fsp3) is 0.818. The molecular formula is C11H22N2O5S. The number of carboxylic acids is 1. The van der Waals surface area contributed by atoms with E-state index in [4.69, 9.17) is 5.11 Å². The van der Waals surface area contributed by atoms with Crippen LogP contribution in [0.3, 0.4) is 0 Å². The lowest BCUT2D eigenvalue weighted by Crippen LogP contribution is -2.47. The highest BCUT2D eigenvalue weighted by atomic mass is 32.2. The molecule has 0 aliphatic rings. The Morgan fingerprint density at radius 1 is 1.32 bits per heavy atom. The number of sulfonamides is 1. The molecule has 0 saturated carbocycles. The van der Waals surface area contributed by atoms with Crippen LogP contribution in [0.1, 0.15) is 27.2 Å². The third-order valence-corrected chi connectivity index (χ3v) is 4.20. The molecule has 1 amide bonds. The molecule has 112 valence electrons. The smallest absolute Gasteiger partial charge is 0.308 e. The number of amides is 1. The first-order chi connectivity index (χ1) is 8.60. The summed E-state index contributed by atoms with van der Waals surface area (Å²) in [5, 5.41) is 8.76. The summed E-state index contributed by atoms with van der Waals surface area (Å²) >= 11 is 0. The van der Waals surface area contributed by atoms with Crippen molar-refractivity contribution in [3.05, 3.63) is 0 Å². The fourth-order valence-electron chi connectivity index (χ4n) is 1.56. The van der Waals surface area contributed by atoms with Gasteiger partial charge in [0.05, 0.1) is 17.7 Å². The molecule has 0 heterocycles. The second-order valence-electron chi connectivity index (χ2n) is 4.62. The molecule has 0 aromatic heterocycles. The third-order valence-electron chi connectivity index (χ3n) is 2.55. The van der Waals surface area contributed by atoms with Crippen molar-refractivity contribution >= 4 is 21.9 Å². The van der Waals surface area contributed by atoms with E-state index in [0.29, 0.717) is 6.42 Å². The van der Waals surface area contributed by atoms with Crippen LogP contribution in [0.4, 0.5) is 0 Å². The molecule has 0 spiro atoms. The molecular weight excluding hydrogens is 272 g/mol. The molecule has 7 nitrogen and oxygen atoms in total. The highest BCUT2D eigenvalue weighted by molar-refractivity contribution is 7.89. The van der Waals surface area contributed by atoms with Crippen molar-refractivity contribution in [2.24, 2.45) is 5.92 Å². The molecule has 0 radical (unpaired) electrons. The van der Waals surface area contributed by atoms with Gasteiger partial charge < -0.3 is 10.0 Å². The zero-order valence-electron chi connectivity index (χ0n) is 11.7. The van der Waals surface area contributed by atoms with Crippen molar-refractivity contribution in [3.8, 4) is 0 Å². The number of carboxylic acid groups (broad SMARTS) is 1. The van der Waals surface area contributed by atoms with Gasteiger partial charge in [0.25, 0.3) is 0 Å². The van der Waals surface area contributed by atoms with E-state index in [1.807, 2.05) is 0 Å². The van der Waals surface area contributed by atoms with Gasteiger partial charge in [0.15, 0.2) is 0 Å². The van der Waals surface area contributed by atoms with E-state index < -0.39 is 33.9 Å². The Balaban J connectivity index is 4.52. The average molecular weight is 294 g/mol. The largest absolute Gasteiger partial charge is 0.481 e. The van der Waals surface area contributed by atoms with Crippen molar-refractivity contribution in [1.82, 2.24) is 9.62 Å². The maximum absolute atomic E-state index is 11.9. The molecule has 0 aliphatic carbocycles. The number of aliphatic carboxylic acids is 1. The zero-order valence-corrected chi connectivity index (χ0v) is 12.5. The molecule has 0 aromatic rings. The zero-order chi connectivity index (χ0) is 15.2. The van der Waals surface area contributed by atoms with E-state index in [0.717, 1.165) is 0 Å². The molecule has 0 bridgehead atoms. The lowest BCUT2D eigenvalue weighted by atomic mass is 10.1. The van der Waals surface area contributed by atoms with Gasteiger partial charge in [-0.25, -0.2) is 13.1 Å². The number of carbonyl (C=O) groups excluding carboxylic acids is 1. The van der Waals surface area contributed by atoms with Gasteiger partial charge in [0, 0.05) is 13.6 Å². The Kier molecular flexibility index (Phi) is 6.99. The van der Waals surface area contributed by atoms with Crippen LogP contribution in [0.5, 0.6) is 0 Å². The van der Waals surface area contributed by atoms with Gasteiger partial charge in [-0.1, -0.05) is 13.8 Å². The molecule has 0 aromatic carbocycles. The summed E-state index contributed by atoms with van der Waals surface area (Å²) in [5.74, 6) is -2.19. The molecule has 0 fully saturated rings. The molecule has 0 aliphatic heterocycles. The first-order valence-corrected chi connectivity index (χ1v) is 7.73. The van der Waals surface area contributed by atoms with Crippen molar-refractivity contribution < 1.29 is 23.1 Å². The second kappa shape index (κ2) is 7.44. The van der Waals surface area contributed by atoms with Crippen LogP contribution in [-0.2, 0) is 19.6 Å². The lowest BCUT2D eigenvalue weighted by Gasteiger charge is -2.23. The molecule has 0 rings (SSSR count). The van der Waals surface area contributed by atoms with Crippen molar-refractivity contribution in [2.75, 3.05) is 19.3 Å². The lowest BCUT2D eigenvalue weighted by molar-refractivity contribution is -0.142. The highest BCUT2D eigenvalue weighted by Crippen LogP contribution is 2.02. The Morgan fingerprint density at radius 3 is 2.26 bits per heavy atom. The van der Waals surface area contributed by atoms with E-state index >= 15 is 0 Å². The Bertz CT molecular complexity index is 421. The second-order valence-corrected chi connectivity index (χ2v) is 6.49. The standard InChI is InChI=1S/C11H22N2O5S/c1-5-6-19(17,18)12-9(3)10(14)13(4)7-8(2)11(15)16/h8-9,12H,5-7H2,1-4H3,(H,15,16). The van der Waals surface area contributed by atoms with E-state index in [1.54, 1.807) is 6.92 Å². The summed E-state index contributed by atoms with van der Waals surface area (Å²) in [6.07, 6.45) is 0.460. The van der Waals surface area contributed by atoms with Gasteiger partial charge in [0.2, 0.25) is 15.9 Å². The number of nitrogens with zero attached hydrogens (tertiary/aromatic N) is 1. The predicted octanol–water partition coefficient (Wildman–Crippen LogP) is -0.117. The summed E-state index contributed by atoms with van der Waals surface area (Å²) in [7, 11) is -2.02. The summed E-state index contributed by atoms with van der Waals surface area (Å²) in [6, 6.07) is -0.900. The fourth-order valence-corrected chi connectivity index (χ4v) is 2.85. The van der Waals surface area contributed by atoms with Crippen LogP contribution < -0.4 is 4.72 Å². The van der Waals surface area contributed by atoms with Crippen molar-refractivity contribution in [2.45, 2.75) is 33.2 Å². The van der Waals surface area contributed by atoms with Gasteiger partial charge >= 0.3 is 5.97 Å². The van der Waals surface area contributed by atoms with E-state index in [9.17, 15) is 18.0 Å². The Hall–Kier alpha value is -1.15. The SMILES string of the molecule is CCCS(=O)(=O)NC(C)C(=O)N(C)CC(C)C(=O)O. The molecule has 0 saturated heterocycles. The number of likely N-dealkylation sites (N-methyl/N-ethyl adjacent to an activating group) is 1. The van der Waals surface area contributed by atoms with Gasteiger partial charge in [0.1, 0.15) is 0 Å². The molecule has 2 atom stereocenters. The number of carbonyl (C=O) groups is 2. The third kappa shape index (κ3) is 6.53. The molecule has 2 unspecified atom stereocenters. The predicted molar refractivity (Wildman–Crippen MR) is 71.1 cm³/mol. The first kappa shape index (κ1) is 17.8. The topological polar surface area (TPSA) is 104 Å². The van der Waals surface area contributed by atoms with Crippen LogP contribution in [0.2, 0.25) is 0 Å². The summed E-state index contributed by atoms with van der Waals surface area (Å²) < 4.78 is 25.3. The van der Waals surface area contributed by atoms with Gasteiger partial charge in [-0.2, -0.15) is 0 Å². The van der Waals surface area contributed by atoms with Crippen molar-refractivity contribution in [1.29, 1.82) is 0 Å². The van der Waals surface area contributed by atoms with E-state index in [1.165, 1.54) is 25.8 Å². The monoisotopic (exact) mass is 294 g/mol. The molecule has 2 N–H and O–H groups in total. The Morgan fingerprint density at radius 2 is 1.84 bits per heavy atom. The first-order valence-electron chi connectivity index (χ1n) is 6.08. The quantitative estimate of drug-likeness (QED) is 0.649. The van der Waals surface area contributed by atoms with Gasteiger partial charge in [-0.05, 0) is 13.3 Å². The Labute approximate surface area is 114 Å². The minimum Gasteiger partial charge on any atom is -0.481 e. The summed E-state index contributed by atoms with van der Waals surface area (Å²) in [6.45, 7) is 4.69. The van der Waals surface area contributed by atoms with Crippen LogP contribution in [0.15, 0.2) is 0 Å². The normalized spacial score (nSPS) is 14.7. The molecule has 19 heavy (non-hydrogen) atoms. The molecule has 8 heteroatoms. The number of rotatable bonds is 8. The van der Waals surface area contributed by atoms with Gasteiger partial charge in [-0.15, -0.1) is 0 Å². The average Bonchev–Trinajstić information content (AvgIpc) is 2.26. The summed E-state index contributed by atoms with van der Waals surface area (Å²) in [4.78, 5) is 23.8. The van der Waals surface area contributed by atoms with Crippen molar-refractivity contribution in [3.63, 3.8) is 0 Å².